The van der Waals surface area contributed by atoms with Crippen LogP contribution in [-0.2, 0) is 5.41 Å². The summed E-state index contributed by atoms with van der Waals surface area (Å²) in [7, 11) is 0. The molecule has 62 heavy (non-hydrogen) atoms. The summed E-state index contributed by atoms with van der Waals surface area (Å²) < 4.78 is 0. The lowest BCUT2D eigenvalue weighted by molar-refractivity contribution is 0.660. The van der Waals surface area contributed by atoms with Crippen LogP contribution in [0.15, 0.2) is 237 Å². The highest BCUT2D eigenvalue weighted by molar-refractivity contribution is 5.98. The first-order chi connectivity index (χ1) is 30.5. The number of anilines is 3. The molecule has 294 valence electrons. The van der Waals surface area contributed by atoms with E-state index in [0.717, 1.165) is 17.1 Å². The van der Waals surface area contributed by atoms with Crippen LogP contribution in [0.3, 0.4) is 0 Å². The fourth-order valence-corrected chi connectivity index (χ4v) is 9.72. The lowest BCUT2D eigenvalue weighted by atomic mass is 9.82. The van der Waals surface area contributed by atoms with Crippen molar-refractivity contribution in [2.45, 2.75) is 19.3 Å². The van der Waals surface area contributed by atoms with E-state index >= 15 is 0 Å². The van der Waals surface area contributed by atoms with Gasteiger partial charge in [0.15, 0.2) is 0 Å². The van der Waals surface area contributed by atoms with Crippen molar-refractivity contribution in [1.82, 2.24) is 0 Å². The SMILES string of the molecule is CC1(C)c2ccccc2-c2c(-c3ccc(N(c4ccc(-c5ccc(-c6ccccc6)cc5)cc4)c4ccccc4-c4ccc(-c5cccc6ccccc56)cc4)cc3)cccc21. The maximum Gasteiger partial charge on any atom is 0.0540 e. The predicted molar refractivity (Wildman–Crippen MR) is 263 cm³/mol. The number of hydrogen-bond acceptors (Lipinski definition) is 1. The van der Waals surface area contributed by atoms with Gasteiger partial charge in [0.1, 0.15) is 0 Å². The summed E-state index contributed by atoms with van der Waals surface area (Å²) in [6.07, 6.45) is 0. The fraction of sp³-hybridized carbons (Fsp3) is 0.0492. The largest absolute Gasteiger partial charge is 0.310 e. The Morgan fingerprint density at radius 2 is 0.710 bits per heavy atom. The molecule has 0 atom stereocenters. The van der Waals surface area contributed by atoms with Crippen LogP contribution in [0.4, 0.5) is 17.1 Å². The van der Waals surface area contributed by atoms with Gasteiger partial charge >= 0.3 is 0 Å². The van der Waals surface area contributed by atoms with Gasteiger partial charge in [-0.3, -0.25) is 0 Å². The minimum Gasteiger partial charge on any atom is -0.310 e. The maximum absolute atomic E-state index is 2.41. The van der Waals surface area contributed by atoms with Crippen molar-refractivity contribution >= 4 is 27.8 Å². The van der Waals surface area contributed by atoms with Crippen LogP contribution >= 0.6 is 0 Å². The van der Waals surface area contributed by atoms with E-state index in [4.69, 9.17) is 0 Å². The maximum atomic E-state index is 2.41. The zero-order chi connectivity index (χ0) is 41.6. The molecule has 0 saturated heterocycles. The highest BCUT2D eigenvalue weighted by atomic mass is 15.1. The average Bonchev–Trinajstić information content (AvgIpc) is 3.58. The van der Waals surface area contributed by atoms with Gasteiger partial charge in [-0.1, -0.05) is 220 Å². The third-order valence-electron chi connectivity index (χ3n) is 12.9. The van der Waals surface area contributed by atoms with E-state index in [2.05, 4.69) is 255 Å². The molecule has 0 heterocycles. The zero-order valence-corrected chi connectivity index (χ0v) is 35.0. The van der Waals surface area contributed by atoms with E-state index in [-0.39, 0.29) is 5.41 Å². The van der Waals surface area contributed by atoms with Crippen LogP contribution in [-0.4, -0.2) is 0 Å². The Hall–Kier alpha value is -7.74. The molecular weight excluding hydrogens is 747 g/mol. The Morgan fingerprint density at radius 1 is 0.290 bits per heavy atom. The van der Waals surface area contributed by atoms with Gasteiger partial charge in [0.05, 0.1) is 5.69 Å². The predicted octanol–water partition coefficient (Wildman–Crippen LogP) is 17.0. The highest BCUT2D eigenvalue weighted by Gasteiger charge is 2.36. The second-order valence-electron chi connectivity index (χ2n) is 16.9. The Kier molecular flexibility index (Phi) is 9.24. The average molecular weight is 792 g/mol. The number of benzene rings is 10. The number of fused-ring (bicyclic) bond motifs is 4. The summed E-state index contributed by atoms with van der Waals surface area (Å²) in [5.41, 5.74) is 20.8. The van der Waals surface area contributed by atoms with Crippen LogP contribution in [0, 0.1) is 0 Å². The van der Waals surface area contributed by atoms with E-state index < -0.39 is 0 Å². The van der Waals surface area contributed by atoms with Crippen molar-refractivity contribution in [1.29, 1.82) is 0 Å². The van der Waals surface area contributed by atoms with E-state index in [1.807, 2.05) is 0 Å². The summed E-state index contributed by atoms with van der Waals surface area (Å²) in [5, 5.41) is 2.52. The van der Waals surface area contributed by atoms with E-state index in [1.165, 1.54) is 88.7 Å². The zero-order valence-electron chi connectivity index (χ0n) is 35.0. The molecule has 0 saturated carbocycles. The minimum absolute atomic E-state index is 0.0500. The second kappa shape index (κ2) is 15.4. The Labute approximate surface area is 364 Å². The molecule has 1 nitrogen and oxygen atoms in total. The molecule has 0 N–H and O–H groups in total. The Morgan fingerprint density at radius 3 is 1.40 bits per heavy atom. The van der Waals surface area contributed by atoms with Gasteiger partial charge in [0, 0.05) is 22.4 Å². The molecule has 1 aliphatic rings. The van der Waals surface area contributed by atoms with Crippen LogP contribution in [0.1, 0.15) is 25.0 Å². The van der Waals surface area contributed by atoms with Gasteiger partial charge in [0.2, 0.25) is 0 Å². The molecule has 0 spiro atoms. The molecule has 11 rings (SSSR count). The van der Waals surface area contributed by atoms with Crippen molar-refractivity contribution in [2.24, 2.45) is 0 Å². The topological polar surface area (TPSA) is 3.24 Å². The number of para-hydroxylation sites is 1. The molecule has 10 aromatic rings. The standard InChI is InChI=1S/C61H45N/c1-61(2)57-23-10-8-20-56(57)60-55(22-13-24-58(60)61)49-36-40-51(41-37-49)62(50-38-34-45(35-39-50)44-28-26-43(27-29-44)42-14-4-3-5-15-42)59-25-11-9-19-54(59)48-32-30-47(31-33-48)53-21-12-17-46-16-6-7-18-52(46)53/h3-41H,1-2H3. The monoisotopic (exact) mass is 791 g/mol. The lowest BCUT2D eigenvalue weighted by Gasteiger charge is -2.28. The third-order valence-corrected chi connectivity index (χ3v) is 12.9. The molecule has 1 heteroatoms. The van der Waals surface area contributed by atoms with Crippen molar-refractivity contribution in [3.63, 3.8) is 0 Å². The van der Waals surface area contributed by atoms with Crippen molar-refractivity contribution in [3.8, 4) is 66.8 Å². The molecule has 0 bridgehead atoms. The number of rotatable bonds is 8. The van der Waals surface area contributed by atoms with Crippen molar-refractivity contribution in [2.75, 3.05) is 4.90 Å². The normalized spacial score (nSPS) is 12.5. The summed E-state index contributed by atoms with van der Waals surface area (Å²) in [6, 6.07) is 86.5. The highest BCUT2D eigenvalue weighted by Crippen LogP contribution is 2.52. The number of hydrogen-bond donors (Lipinski definition) is 0. The molecule has 0 radical (unpaired) electrons. The first-order valence-corrected chi connectivity index (χ1v) is 21.6. The van der Waals surface area contributed by atoms with E-state index in [1.54, 1.807) is 0 Å². The smallest absolute Gasteiger partial charge is 0.0540 e. The molecule has 0 fully saturated rings. The Bertz CT molecular complexity index is 3210. The third kappa shape index (κ3) is 6.51. The van der Waals surface area contributed by atoms with Crippen LogP contribution in [0.5, 0.6) is 0 Å². The lowest BCUT2D eigenvalue weighted by Crippen LogP contribution is -2.14. The molecule has 0 amide bonds. The fourth-order valence-electron chi connectivity index (χ4n) is 9.72. The van der Waals surface area contributed by atoms with Gasteiger partial charge in [-0.2, -0.15) is 0 Å². The van der Waals surface area contributed by atoms with Crippen LogP contribution in [0.25, 0.3) is 77.5 Å². The van der Waals surface area contributed by atoms with Crippen LogP contribution < -0.4 is 4.90 Å². The molecule has 10 aromatic carbocycles. The number of nitrogens with zero attached hydrogens (tertiary/aromatic N) is 1. The van der Waals surface area contributed by atoms with Gasteiger partial charge in [-0.25, -0.2) is 0 Å². The molecule has 0 unspecified atom stereocenters. The minimum atomic E-state index is -0.0500. The summed E-state index contributed by atoms with van der Waals surface area (Å²) in [4.78, 5) is 2.41. The second-order valence-corrected chi connectivity index (χ2v) is 16.9. The summed E-state index contributed by atoms with van der Waals surface area (Å²) in [5.74, 6) is 0. The first-order valence-electron chi connectivity index (χ1n) is 21.6. The van der Waals surface area contributed by atoms with Gasteiger partial charge in [-0.15, -0.1) is 0 Å². The van der Waals surface area contributed by atoms with Crippen molar-refractivity contribution in [3.05, 3.63) is 248 Å². The molecule has 1 aliphatic carbocycles. The van der Waals surface area contributed by atoms with E-state index in [0.29, 0.717) is 0 Å². The molecule has 0 aromatic heterocycles. The first kappa shape index (κ1) is 37.3. The molecular formula is C61H45N. The summed E-state index contributed by atoms with van der Waals surface area (Å²) >= 11 is 0. The van der Waals surface area contributed by atoms with E-state index in [9.17, 15) is 0 Å². The van der Waals surface area contributed by atoms with Crippen molar-refractivity contribution < 1.29 is 0 Å². The van der Waals surface area contributed by atoms with Gasteiger partial charge in [-0.05, 0) is 113 Å². The summed E-state index contributed by atoms with van der Waals surface area (Å²) in [6.45, 7) is 4.70. The molecule has 0 aliphatic heterocycles. The Balaban J connectivity index is 0.994. The van der Waals surface area contributed by atoms with Crippen LogP contribution in [0.2, 0.25) is 0 Å². The van der Waals surface area contributed by atoms with Gasteiger partial charge in [0.25, 0.3) is 0 Å². The quantitative estimate of drug-likeness (QED) is 0.148. The van der Waals surface area contributed by atoms with Gasteiger partial charge < -0.3 is 4.90 Å².